The number of aliphatic hydroxyl groups excluding tert-OH is 1. The van der Waals surface area contributed by atoms with Gasteiger partial charge in [0.25, 0.3) is 15.9 Å². The van der Waals surface area contributed by atoms with Crippen LogP contribution < -0.4 is 4.72 Å². The van der Waals surface area contributed by atoms with Crippen LogP contribution in [0.3, 0.4) is 0 Å². The maximum absolute atomic E-state index is 13.1. The molecule has 0 aliphatic heterocycles. The minimum absolute atomic E-state index is 0.0216. The van der Waals surface area contributed by atoms with E-state index in [0.29, 0.717) is 12.0 Å². The predicted molar refractivity (Wildman–Crippen MR) is 168 cm³/mol. The van der Waals surface area contributed by atoms with Crippen LogP contribution in [0.25, 0.3) is 11.1 Å². The maximum Gasteiger partial charge on any atom is 0.410 e. The molecule has 2 amide bonds. The van der Waals surface area contributed by atoms with Crippen molar-refractivity contribution in [2.75, 3.05) is 6.54 Å². The highest BCUT2D eigenvalue weighted by molar-refractivity contribution is 7.90. The van der Waals surface area contributed by atoms with Crippen LogP contribution in [0.4, 0.5) is 4.79 Å². The largest absolute Gasteiger partial charge is 0.444 e. The minimum Gasteiger partial charge on any atom is -0.444 e. The van der Waals surface area contributed by atoms with E-state index in [1.165, 1.54) is 17.0 Å². The number of nitrogens with one attached hydrogen (secondary N) is 1. The Kier molecular flexibility index (Phi) is 10.2. The van der Waals surface area contributed by atoms with Crippen LogP contribution >= 0.6 is 0 Å². The maximum atomic E-state index is 13.1. The van der Waals surface area contributed by atoms with Crippen molar-refractivity contribution >= 4 is 22.0 Å². The SMILES string of the molecule is CC(Cc1ccc(-c2ccc(S(=O)(=O)NC(=O)c3ccccc3)cc2)cc1)N(CC(O)c1cccnc1)C(=O)OC(C)(C)C. The van der Waals surface area contributed by atoms with E-state index in [-0.39, 0.29) is 23.0 Å². The summed E-state index contributed by atoms with van der Waals surface area (Å²) in [6.45, 7) is 7.34. The van der Waals surface area contributed by atoms with Gasteiger partial charge in [-0.1, -0.05) is 60.7 Å². The number of nitrogens with zero attached hydrogens (tertiary/aromatic N) is 2. The van der Waals surface area contributed by atoms with Gasteiger partial charge in [0, 0.05) is 29.6 Å². The number of carbonyl (C=O) groups is 2. The van der Waals surface area contributed by atoms with Crippen molar-refractivity contribution < 1.29 is 27.9 Å². The lowest BCUT2D eigenvalue weighted by molar-refractivity contribution is 0.00543. The van der Waals surface area contributed by atoms with Gasteiger partial charge in [-0.3, -0.25) is 9.78 Å². The molecule has 1 aromatic heterocycles. The Morgan fingerprint density at radius 2 is 1.52 bits per heavy atom. The summed E-state index contributed by atoms with van der Waals surface area (Å²) in [6, 6.07) is 25.4. The van der Waals surface area contributed by atoms with Crippen molar-refractivity contribution in [3.63, 3.8) is 0 Å². The molecule has 4 rings (SSSR count). The zero-order valence-corrected chi connectivity index (χ0v) is 26.0. The Morgan fingerprint density at radius 1 is 0.909 bits per heavy atom. The molecule has 2 N–H and O–H groups in total. The van der Waals surface area contributed by atoms with Crippen molar-refractivity contribution in [2.45, 2.75) is 56.8 Å². The van der Waals surface area contributed by atoms with Gasteiger partial charge in [0.05, 0.1) is 17.5 Å². The van der Waals surface area contributed by atoms with Crippen molar-refractivity contribution in [3.8, 4) is 11.1 Å². The van der Waals surface area contributed by atoms with E-state index < -0.39 is 33.7 Å². The number of rotatable bonds is 10. The monoisotopic (exact) mass is 615 g/mol. The zero-order chi connectivity index (χ0) is 31.9. The molecule has 0 fully saturated rings. The van der Waals surface area contributed by atoms with Crippen molar-refractivity contribution in [2.24, 2.45) is 0 Å². The van der Waals surface area contributed by atoms with Gasteiger partial charge in [-0.2, -0.15) is 0 Å². The molecule has 44 heavy (non-hydrogen) atoms. The van der Waals surface area contributed by atoms with Gasteiger partial charge in [0.2, 0.25) is 0 Å². The Hall–Kier alpha value is -4.54. The summed E-state index contributed by atoms with van der Waals surface area (Å²) >= 11 is 0. The van der Waals surface area contributed by atoms with Crippen LogP contribution in [0.15, 0.2) is 108 Å². The van der Waals surface area contributed by atoms with E-state index in [0.717, 1.165) is 16.7 Å². The van der Waals surface area contributed by atoms with E-state index in [1.807, 2.05) is 31.2 Å². The first-order valence-electron chi connectivity index (χ1n) is 14.2. The highest BCUT2D eigenvalue weighted by Crippen LogP contribution is 2.24. The number of pyridine rings is 1. The molecule has 0 aliphatic carbocycles. The number of amides is 2. The smallest absolute Gasteiger partial charge is 0.410 e. The molecule has 2 unspecified atom stereocenters. The van der Waals surface area contributed by atoms with Gasteiger partial charge < -0.3 is 14.7 Å². The van der Waals surface area contributed by atoms with Gasteiger partial charge in [-0.15, -0.1) is 0 Å². The summed E-state index contributed by atoms with van der Waals surface area (Å²) in [5.74, 6) is -0.698. The highest BCUT2D eigenvalue weighted by Gasteiger charge is 2.28. The molecule has 2 atom stereocenters. The van der Waals surface area contributed by atoms with Crippen LogP contribution in [0.5, 0.6) is 0 Å². The first-order valence-corrected chi connectivity index (χ1v) is 15.7. The summed E-state index contributed by atoms with van der Waals surface area (Å²) in [4.78, 5) is 31.1. The quantitative estimate of drug-likeness (QED) is 0.232. The molecule has 0 aliphatic rings. The average molecular weight is 616 g/mol. The van der Waals surface area contributed by atoms with Crippen LogP contribution in [0.2, 0.25) is 0 Å². The number of hydrogen-bond donors (Lipinski definition) is 2. The topological polar surface area (TPSA) is 126 Å². The molecule has 4 aromatic rings. The molecular weight excluding hydrogens is 578 g/mol. The molecule has 230 valence electrons. The summed E-state index contributed by atoms with van der Waals surface area (Å²) in [7, 11) is -4.04. The third-order valence-corrected chi connectivity index (χ3v) is 8.19. The lowest BCUT2D eigenvalue weighted by atomic mass is 10.0. The third-order valence-electron chi connectivity index (χ3n) is 6.84. The first kappa shape index (κ1) is 32.4. The van der Waals surface area contributed by atoms with Gasteiger partial charge >= 0.3 is 6.09 Å². The van der Waals surface area contributed by atoms with Gasteiger partial charge in [0.15, 0.2) is 0 Å². The summed E-state index contributed by atoms with van der Waals surface area (Å²) in [5, 5.41) is 10.8. The van der Waals surface area contributed by atoms with E-state index >= 15 is 0 Å². The van der Waals surface area contributed by atoms with Gasteiger partial charge in [-0.25, -0.2) is 17.9 Å². The molecule has 9 nitrogen and oxygen atoms in total. The lowest BCUT2D eigenvalue weighted by Gasteiger charge is -2.33. The third kappa shape index (κ3) is 8.75. The van der Waals surface area contributed by atoms with E-state index in [1.54, 1.807) is 87.8 Å². The molecule has 1 heterocycles. The molecule has 3 aromatic carbocycles. The second-order valence-electron chi connectivity index (χ2n) is 11.5. The number of ether oxygens (including phenoxy) is 1. The van der Waals surface area contributed by atoms with Gasteiger partial charge in [0.1, 0.15) is 5.60 Å². The normalized spacial score (nSPS) is 13.0. The van der Waals surface area contributed by atoms with Crippen LogP contribution in [-0.2, 0) is 21.2 Å². The molecule has 0 bridgehead atoms. The molecule has 0 radical (unpaired) electrons. The Balaban J connectivity index is 1.44. The highest BCUT2D eigenvalue weighted by atomic mass is 32.2. The number of hydrogen-bond acceptors (Lipinski definition) is 7. The number of sulfonamides is 1. The first-order chi connectivity index (χ1) is 20.8. The van der Waals surface area contributed by atoms with E-state index in [4.69, 9.17) is 4.74 Å². The Bertz CT molecular complexity index is 1650. The van der Waals surface area contributed by atoms with E-state index in [9.17, 15) is 23.1 Å². The Morgan fingerprint density at radius 3 is 2.09 bits per heavy atom. The number of aliphatic hydroxyl groups is 1. The molecule has 10 heteroatoms. The molecular formula is C34H37N3O6S. The molecule has 0 saturated heterocycles. The minimum atomic E-state index is -4.04. The number of benzene rings is 3. The van der Waals surface area contributed by atoms with Gasteiger partial charge in [-0.05, 0) is 81.1 Å². The second kappa shape index (κ2) is 13.8. The average Bonchev–Trinajstić information content (AvgIpc) is 3.00. The fraction of sp³-hybridized carbons (Fsp3) is 0.265. The Labute approximate surface area is 258 Å². The summed E-state index contributed by atoms with van der Waals surface area (Å²) in [5.41, 5.74) is 2.80. The fourth-order valence-electron chi connectivity index (χ4n) is 4.56. The lowest BCUT2D eigenvalue weighted by Crippen LogP contribution is -2.45. The number of carbonyl (C=O) groups excluding carboxylic acids is 2. The van der Waals surface area contributed by atoms with Crippen LogP contribution in [0.1, 0.15) is 55.3 Å². The number of aromatic nitrogens is 1. The molecule has 0 spiro atoms. The standard InChI is InChI=1S/C34H37N3O6S/c1-24(37(33(40)43-34(2,3)4)23-31(38)29-11-8-20-35-22-29)21-25-12-14-26(15-13-25)27-16-18-30(19-17-27)44(41,42)36-32(39)28-9-6-5-7-10-28/h5-20,22,24,31,38H,21,23H2,1-4H3,(H,36,39). The van der Waals surface area contributed by atoms with Crippen LogP contribution in [-0.4, -0.2) is 53.6 Å². The molecule has 0 saturated carbocycles. The van der Waals surface area contributed by atoms with Crippen LogP contribution in [0, 0.1) is 0 Å². The zero-order valence-electron chi connectivity index (χ0n) is 25.2. The second-order valence-corrected chi connectivity index (χ2v) is 13.2. The van der Waals surface area contributed by atoms with E-state index in [2.05, 4.69) is 9.71 Å². The predicted octanol–water partition coefficient (Wildman–Crippen LogP) is 5.77. The van der Waals surface area contributed by atoms with Crippen molar-refractivity contribution in [1.29, 1.82) is 0 Å². The summed E-state index contributed by atoms with van der Waals surface area (Å²) < 4.78 is 33.2. The summed E-state index contributed by atoms with van der Waals surface area (Å²) in [6.07, 6.45) is 2.26. The fourth-order valence-corrected chi connectivity index (χ4v) is 5.53. The van der Waals surface area contributed by atoms with Crippen molar-refractivity contribution in [3.05, 3.63) is 120 Å². The van der Waals surface area contributed by atoms with Crippen molar-refractivity contribution in [1.82, 2.24) is 14.6 Å².